The van der Waals surface area contributed by atoms with Gasteiger partial charge in [-0.25, -0.2) is 0 Å². The summed E-state index contributed by atoms with van der Waals surface area (Å²) in [6.07, 6.45) is 0.964. The van der Waals surface area contributed by atoms with Gasteiger partial charge in [-0.3, -0.25) is 9.59 Å². The minimum Gasteiger partial charge on any atom is -0.454 e. The zero-order valence-electron chi connectivity index (χ0n) is 19.7. The molecule has 32 heavy (non-hydrogen) atoms. The average molecular weight is 459 g/mol. The van der Waals surface area contributed by atoms with Gasteiger partial charge in [-0.05, 0) is 47.5 Å². The van der Waals surface area contributed by atoms with Crippen LogP contribution < -0.4 is 9.47 Å². The van der Waals surface area contributed by atoms with Crippen molar-refractivity contribution < 1.29 is 19.1 Å². The van der Waals surface area contributed by atoms with Crippen LogP contribution in [0.5, 0.6) is 11.5 Å². The van der Waals surface area contributed by atoms with Crippen molar-refractivity contribution in [2.45, 2.75) is 54.1 Å². The molecule has 1 aromatic heterocycles. The number of hydrogen-bond acceptors (Lipinski definition) is 5. The van der Waals surface area contributed by atoms with E-state index >= 15 is 0 Å². The summed E-state index contributed by atoms with van der Waals surface area (Å²) in [5.41, 5.74) is 2.15. The van der Waals surface area contributed by atoms with Gasteiger partial charge in [0.15, 0.2) is 11.5 Å². The highest BCUT2D eigenvalue weighted by atomic mass is 32.1. The van der Waals surface area contributed by atoms with Gasteiger partial charge in [-0.15, -0.1) is 11.3 Å². The summed E-state index contributed by atoms with van der Waals surface area (Å²) in [4.78, 5) is 31.1. The molecule has 0 fully saturated rings. The molecule has 7 heteroatoms. The van der Waals surface area contributed by atoms with Gasteiger partial charge in [0.2, 0.25) is 18.6 Å². The van der Waals surface area contributed by atoms with E-state index in [4.69, 9.17) is 9.47 Å². The summed E-state index contributed by atoms with van der Waals surface area (Å²) in [5.74, 6) is 1.60. The second-order valence-corrected chi connectivity index (χ2v) is 9.85. The van der Waals surface area contributed by atoms with Crippen molar-refractivity contribution in [3.63, 3.8) is 0 Å². The zero-order valence-corrected chi connectivity index (χ0v) is 20.5. The molecular weight excluding hydrogens is 424 g/mol. The number of hydrogen-bond donors (Lipinski definition) is 0. The van der Waals surface area contributed by atoms with E-state index in [0.29, 0.717) is 31.3 Å². The fraction of sp³-hybridized carbons (Fsp3) is 0.520. The van der Waals surface area contributed by atoms with Crippen LogP contribution in [0.1, 0.15) is 50.1 Å². The van der Waals surface area contributed by atoms with Gasteiger partial charge in [0.1, 0.15) is 0 Å². The fourth-order valence-corrected chi connectivity index (χ4v) is 4.52. The lowest BCUT2D eigenvalue weighted by molar-refractivity contribution is -0.143. The first-order chi connectivity index (χ1) is 15.3. The molecule has 0 aliphatic carbocycles. The standard InChI is InChI=1S/C25H34N2O4S/c1-6-18(4)12-27(25(29)17(2)3)15-24(28)26(14-23-19(5)9-10-32-23)13-20-7-8-21-22(11-20)31-16-30-21/h7-11,17-18H,6,12-16H2,1-5H3. The van der Waals surface area contributed by atoms with Gasteiger partial charge in [0, 0.05) is 23.9 Å². The van der Waals surface area contributed by atoms with Gasteiger partial charge in [-0.2, -0.15) is 0 Å². The topological polar surface area (TPSA) is 59.1 Å². The van der Waals surface area contributed by atoms with Crippen LogP contribution in [0, 0.1) is 18.8 Å². The molecule has 1 aliphatic heterocycles. The lowest BCUT2D eigenvalue weighted by Gasteiger charge is -2.30. The molecular formula is C25H34N2O4S. The number of amides is 2. The average Bonchev–Trinajstić information content (AvgIpc) is 3.40. The van der Waals surface area contributed by atoms with Gasteiger partial charge < -0.3 is 19.3 Å². The molecule has 2 heterocycles. The third-order valence-electron chi connectivity index (χ3n) is 5.83. The number of benzene rings is 1. The van der Waals surface area contributed by atoms with E-state index in [1.165, 1.54) is 5.56 Å². The van der Waals surface area contributed by atoms with Crippen LogP contribution >= 0.6 is 11.3 Å². The Labute approximate surface area is 195 Å². The Balaban J connectivity index is 1.81. The third-order valence-corrected chi connectivity index (χ3v) is 6.83. The molecule has 1 aliphatic rings. The van der Waals surface area contributed by atoms with Gasteiger partial charge in [-0.1, -0.05) is 40.2 Å². The Morgan fingerprint density at radius 2 is 1.81 bits per heavy atom. The van der Waals surface area contributed by atoms with Crippen molar-refractivity contribution in [3.8, 4) is 11.5 Å². The summed E-state index contributed by atoms with van der Waals surface area (Å²) in [6, 6.07) is 7.85. The predicted molar refractivity (Wildman–Crippen MR) is 127 cm³/mol. The predicted octanol–water partition coefficient (Wildman–Crippen LogP) is 4.84. The minimum absolute atomic E-state index is 0.0222. The highest BCUT2D eigenvalue weighted by Crippen LogP contribution is 2.33. The fourth-order valence-electron chi connectivity index (χ4n) is 3.60. The Hall–Kier alpha value is -2.54. The van der Waals surface area contributed by atoms with Crippen LogP contribution in [-0.2, 0) is 22.7 Å². The van der Waals surface area contributed by atoms with E-state index in [-0.39, 0.29) is 31.1 Å². The van der Waals surface area contributed by atoms with Crippen molar-refractivity contribution in [2.24, 2.45) is 11.8 Å². The third kappa shape index (κ3) is 6.03. The molecule has 0 spiro atoms. The molecule has 0 N–H and O–H groups in total. The first-order valence-electron chi connectivity index (χ1n) is 11.3. The van der Waals surface area contributed by atoms with Crippen molar-refractivity contribution >= 4 is 23.2 Å². The number of nitrogens with zero attached hydrogens (tertiary/aromatic N) is 2. The number of rotatable bonds is 10. The Morgan fingerprint density at radius 3 is 2.47 bits per heavy atom. The molecule has 0 saturated heterocycles. The first kappa shape index (κ1) is 24.1. The molecule has 2 amide bonds. The Morgan fingerprint density at radius 1 is 1.06 bits per heavy atom. The summed E-state index contributed by atoms with van der Waals surface area (Å²) in [5, 5.41) is 2.05. The number of aryl methyl sites for hydroxylation is 1. The summed E-state index contributed by atoms with van der Waals surface area (Å²) in [6.45, 7) is 11.9. The molecule has 2 aromatic rings. The lowest BCUT2D eigenvalue weighted by atomic mass is 10.1. The van der Waals surface area contributed by atoms with E-state index in [9.17, 15) is 9.59 Å². The van der Waals surface area contributed by atoms with Crippen LogP contribution in [-0.4, -0.2) is 41.5 Å². The maximum Gasteiger partial charge on any atom is 0.242 e. The first-order valence-corrected chi connectivity index (χ1v) is 12.1. The van der Waals surface area contributed by atoms with Crippen molar-refractivity contribution in [3.05, 3.63) is 45.6 Å². The number of thiophene rings is 1. The number of carbonyl (C=O) groups is 2. The Bertz CT molecular complexity index is 940. The van der Waals surface area contributed by atoms with E-state index in [1.807, 2.05) is 42.3 Å². The number of fused-ring (bicyclic) bond motifs is 1. The van der Waals surface area contributed by atoms with Crippen molar-refractivity contribution in [1.82, 2.24) is 9.80 Å². The molecule has 6 nitrogen and oxygen atoms in total. The van der Waals surface area contributed by atoms with Crippen LogP contribution in [0.4, 0.5) is 0 Å². The van der Waals surface area contributed by atoms with Crippen LogP contribution in [0.3, 0.4) is 0 Å². The normalized spacial score (nSPS) is 13.3. The largest absolute Gasteiger partial charge is 0.454 e. The smallest absolute Gasteiger partial charge is 0.242 e. The van der Waals surface area contributed by atoms with Gasteiger partial charge in [0.05, 0.1) is 13.1 Å². The molecule has 1 atom stereocenters. The minimum atomic E-state index is -0.145. The SMILES string of the molecule is CCC(C)CN(CC(=O)N(Cc1ccc2c(c1)OCO2)Cc1sccc1C)C(=O)C(C)C. The van der Waals surface area contributed by atoms with Gasteiger partial charge in [0.25, 0.3) is 0 Å². The Kier molecular flexibility index (Phi) is 8.18. The second kappa shape index (κ2) is 10.9. The maximum absolute atomic E-state index is 13.5. The maximum atomic E-state index is 13.5. The highest BCUT2D eigenvalue weighted by Gasteiger charge is 2.25. The summed E-state index contributed by atoms with van der Waals surface area (Å²) >= 11 is 1.65. The van der Waals surface area contributed by atoms with Crippen LogP contribution in [0.2, 0.25) is 0 Å². The quantitative estimate of drug-likeness (QED) is 0.511. The monoisotopic (exact) mass is 458 g/mol. The number of ether oxygens (including phenoxy) is 2. The van der Waals surface area contributed by atoms with Crippen molar-refractivity contribution in [2.75, 3.05) is 19.9 Å². The molecule has 0 saturated carbocycles. The number of carbonyl (C=O) groups excluding carboxylic acids is 2. The molecule has 1 unspecified atom stereocenters. The van der Waals surface area contributed by atoms with E-state index < -0.39 is 0 Å². The lowest BCUT2D eigenvalue weighted by Crippen LogP contribution is -2.45. The van der Waals surface area contributed by atoms with Gasteiger partial charge >= 0.3 is 0 Å². The van der Waals surface area contributed by atoms with Crippen LogP contribution in [0.15, 0.2) is 29.6 Å². The van der Waals surface area contributed by atoms with E-state index in [0.717, 1.165) is 22.6 Å². The molecule has 3 rings (SSSR count). The zero-order chi connectivity index (χ0) is 23.3. The molecule has 1 aromatic carbocycles. The van der Waals surface area contributed by atoms with Crippen molar-refractivity contribution in [1.29, 1.82) is 0 Å². The van der Waals surface area contributed by atoms with E-state index in [2.05, 4.69) is 26.8 Å². The molecule has 0 radical (unpaired) electrons. The highest BCUT2D eigenvalue weighted by molar-refractivity contribution is 7.10. The van der Waals surface area contributed by atoms with E-state index in [1.54, 1.807) is 16.2 Å². The van der Waals surface area contributed by atoms with Crippen LogP contribution in [0.25, 0.3) is 0 Å². The molecule has 174 valence electrons. The molecule has 0 bridgehead atoms. The second-order valence-electron chi connectivity index (χ2n) is 8.85. The summed E-state index contributed by atoms with van der Waals surface area (Å²) in [7, 11) is 0. The summed E-state index contributed by atoms with van der Waals surface area (Å²) < 4.78 is 10.9.